The number of anilines is 1. The van der Waals surface area contributed by atoms with Gasteiger partial charge < -0.3 is 10.2 Å². The molecule has 1 aliphatic carbocycles. The number of nitrogens with zero attached hydrogens (tertiary/aromatic N) is 1. The average Bonchev–Trinajstić information content (AvgIpc) is 2.80. The van der Waals surface area contributed by atoms with E-state index in [1.807, 2.05) is 0 Å². The molecule has 2 heteroatoms. The molecule has 3 aliphatic rings. The van der Waals surface area contributed by atoms with Crippen LogP contribution in [0.15, 0.2) is 36.4 Å². The monoisotopic (exact) mass is 430 g/mol. The molecule has 172 valence electrons. The molecule has 0 amide bonds. The van der Waals surface area contributed by atoms with Gasteiger partial charge in [-0.1, -0.05) is 44.2 Å². The highest BCUT2D eigenvalue weighted by Gasteiger charge is 2.50. The van der Waals surface area contributed by atoms with Gasteiger partial charge in [-0.3, -0.25) is 0 Å². The summed E-state index contributed by atoms with van der Waals surface area (Å²) in [4.78, 5) is 2.81. The first-order valence-electron chi connectivity index (χ1n) is 13.3. The highest BCUT2D eigenvalue weighted by atomic mass is 15.2. The van der Waals surface area contributed by atoms with E-state index < -0.39 is 0 Å². The number of nitrogens with one attached hydrogen (secondary N) is 1. The van der Waals surface area contributed by atoms with Gasteiger partial charge in [0.15, 0.2) is 0 Å². The maximum atomic E-state index is 3.84. The molecular formula is C30H42N2. The van der Waals surface area contributed by atoms with Gasteiger partial charge in [0.2, 0.25) is 0 Å². The van der Waals surface area contributed by atoms with Gasteiger partial charge in [-0.2, -0.15) is 0 Å². The lowest BCUT2D eigenvalue weighted by molar-refractivity contribution is 0.0878. The molecule has 2 fully saturated rings. The summed E-state index contributed by atoms with van der Waals surface area (Å²) in [6.07, 6.45) is 10.3. The minimum atomic E-state index is 0.273. The first-order chi connectivity index (χ1) is 15.6. The summed E-state index contributed by atoms with van der Waals surface area (Å²) in [6, 6.07) is 15.4. The second-order valence-corrected chi connectivity index (χ2v) is 10.7. The van der Waals surface area contributed by atoms with Crippen LogP contribution in [0.5, 0.6) is 0 Å². The Labute approximate surface area is 195 Å². The fourth-order valence-electron chi connectivity index (χ4n) is 7.50. The zero-order valence-electron chi connectivity index (χ0n) is 20.7. The summed E-state index contributed by atoms with van der Waals surface area (Å²) in [7, 11) is 0. The van der Waals surface area contributed by atoms with Gasteiger partial charge in [-0.05, 0) is 112 Å². The fraction of sp³-hybridized carbons (Fsp3) is 0.600. The van der Waals surface area contributed by atoms with E-state index in [0.29, 0.717) is 12.1 Å². The lowest BCUT2D eigenvalue weighted by Gasteiger charge is -2.56. The first kappa shape index (κ1) is 22.0. The Bertz CT molecular complexity index is 959. The van der Waals surface area contributed by atoms with Crippen molar-refractivity contribution in [3.05, 3.63) is 64.2 Å². The Balaban J connectivity index is 1.60. The third-order valence-electron chi connectivity index (χ3n) is 9.39. The van der Waals surface area contributed by atoms with Crippen molar-refractivity contribution < 1.29 is 0 Å². The van der Waals surface area contributed by atoms with Crippen molar-refractivity contribution in [1.82, 2.24) is 5.32 Å². The van der Waals surface area contributed by atoms with E-state index in [1.165, 1.54) is 69.3 Å². The van der Waals surface area contributed by atoms with Crippen LogP contribution in [0, 0.1) is 19.8 Å². The van der Waals surface area contributed by atoms with Crippen LogP contribution in [-0.4, -0.2) is 25.2 Å². The second kappa shape index (κ2) is 8.86. The van der Waals surface area contributed by atoms with Crippen molar-refractivity contribution in [2.24, 2.45) is 5.92 Å². The molecular weight excluding hydrogens is 388 g/mol. The first-order valence-corrected chi connectivity index (χ1v) is 13.3. The van der Waals surface area contributed by atoms with Gasteiger partial charge >= 0.3 is 0 Å². The average molecular weight is 431 g/mol. The summed E-state index contributed by atoms with van der Waals surface area (Å²) in [5.74, 6) is 0.753. The van der Waals surface area contributed by atoms with E-state index in [0.717, 1.165) is 12.3 Å². The van der Waals surface area contributed by atoms with E-state index >= 15 is 0 Å². The summed E-state index contributed by atoms with van der Waals surface area (Å²) in [5, 5.41) is 3.84. The quantitative estimate of drug-likeness (QED) is 0.583. The lowest BCUT2D eigenvalue weighted by Crippen LogP contribution is -2.59. The van der Waals surface area contributed by atoms with Crippen LogP contribution in [0.3, 0.4) is 0 Å². The Hall–Kier alpha value is -1.80. The van der Waals surface area contributed by atoms with Crippen LogP contribution < -0.4 is 10.2 Å². The predicted octanol–water partition coefficient (Wildman–Crippen LogP) is 6.50. The van der Waals surface area contributed by atoms with Crippen LogP contribution in [0.2, 0.25) is 0 Å². The summed E-state index contributed by atoms with van der Waals surface area (Å²) in [5.41, 5.74) is 9.70. The normalized spacial score (nSPS) is 30.0. The Kier molecular flexibility index (Phi) is 6.09. The Morgan fingerprint density at radius 1 is 1.03 bits per heavy atom. The molecule has 0 aromatic heterocycles. The van der Waals surface area contributed by atoms with Crippen molar-refractivity contribution in [3.8, 4) is 0 Å². The molecule has 32 heavy (non-hydrogen) atoms. The molecule has 2 aliphatic heterocycles. The number of rotatable bonds is 5. The van der Waals surface area contributed by atoms with E-state index in [-0.39, 0.29) is 5.41 Å². The molecule has 1 saturated heterocycles. The molecule has 0 bridgehead atoms. The van der Waals surface area contributed by atoms with Gasteiger partial charge in [-0.25, -0.2) is 0 Å². The van der Waals surface area contributed by atoms with Crippen molar-refractivity contribution in [3.63, 3.8) is 0 Å². The minimum Gasteiger partial charge on any atom is -0.368 e. The maximum Gasteiger partial charge on any atom is 0.0401 e. The van der Waals surface area contributed by atoms with E-state index in [2.05, 4.69) is 74.3 Å². The molecule has 2 aromatic carbocycles. The largest absolute Gasteiger partial charge is 0.368 e. The zero-order chi connectivity index (χ0) is 22.3. The van der Waals surface area contributed by atoms with E-state index in [9.17, 15) is 0 Å². The molecule has 0 spiro atoms. The molecule has 0 radical (unpaired) electrons. The minimum absolute atomic E-state index is 0.273. The predicted molar refractivity (Wildman–Crippen MR) is 137 cm³/mol. The number of para-hydroxylation sites is 1. The van der Waals surface area contributed by atoms with Gasteiger partial charge in [0.1, 0.15) is 0 Å². The molecule has 1 N–H and O–H groups in total. The van der Waals surface area contributed by atoms with Crippen molar-refractivity contribution >= 4 is 5.69 Å². The van der Waals surface area contributed by atoms with Gasteiger partial charge in [-0.15, -0.1) is 0 Å². The third-order valence-corrected chi connectivity index (χ3v) is 9.39. The number of hydrogen-bond acceptors (Lipinski definition) is 2. The van der Waals surface area contributed by atoms with Gasteiger partial charge in [0.25, 0.3) is 0 Å². The molecule has 2 nitrogen and oxygen atoms in total. The molecule has 4 atom stereocenters. The summed E-state index contributed by atoms with van der Waals surface area (Å²) < 4.78 is 0. The number of hydrogen-bond donors (Lipinski definition) is 1. The van der Waals surface area contributed by atoms with Crippen LogP contribution in [0.1, 0.15) is 80.2 Å². The summed E-state index contributed by atoms with van der Waals surface area (Å²) >= 11 is 0. The van der Waals surface area contributed by atoms with Gasteiger partial charge in [0.05, 0.1) is 0 Å². The topological polar surface area (TPSA) is 15.3 Å². The highest BCUT2D eigenvalue weighted by molar-refractivity contribution is 5.57. The lowest BCUT2D eigenvalue weighted by atomic mass is 9.54. The standard InChI is InChI=1S/C30H42N2/c1-5-23-14-13-21(3)22(4)29(23)30(6-2)20-25(15-16-26(30)27-17-18-31-27)32-19-9-11-24-10-7-8-12-28(24)32/h7-8,10,12-14,25-27,31H,5-6,9,11,15-20H2,1-4H3/t25?,26?,27-,30+/m1/s1. The van der Waals surface area contributed by atoms with Crippen molar-refractivity contribution in [2.75, 3.05) is 18.0 Å². The molecule has 1 saturated carbocycles. The second-order valence-electron chi connectivity index (χ2n) is 10.7. The number of aryl methyl sites for hydroxylation is 3. The fourth-order valence-corrected chi connectivity index (χ4v) is 7.50. The third kappa shape index (κ3) is 3.50. The SMILES string of the molecule is CCc1ccc(C)c(C)c1[C@@]1(CC)CC(N2CCCc3ccccc32)CCC1[C@H]1CCN1. The number of benzene rings is 2. The van der Waals surface area contributed by atoms with Gasteiger partial charge in [0, 0.05) is 29.7 Å². The summed E-state index contributed by atoms with van der Waals surface area (Å²) in [6.45, 7) is 12.0. The van der Waals surface area contributed by atoms with E-state index in [4.69, 9.17) is 0 Å². The zero-order valence-corrected chi connectivity index (χ0v) is 20.7. The van der Waals surface area contributed by atoms with Crippen LogP contribution in [0.25, 0.3) is 0 Å². The smallest absolute Gasteiger partial charge is 0.0401 e. The van der Waals surface area contributed by atoms with Crippen molar-refractivity contribution in [1.29, 1.82) is 0 Å². The van der Waals surface area contributed by atoms with Crippen LogP contribution >= 0.6 is 0 Å². The van der Waals surface area contributed by atoms with E-state index in [1.54, 1.807) is 22.3 Å². The Morgan fingerprint density at radius 3 is 2.56 bits per heavy atom. The molecule has 2 aromatic rings. The number of fused-ring (bicyclic) bond motifs is 1. The maximum absolute atomic E-state index is 3.84. The van der Waals surface area contributed by atoms with Crippen LogP contribution in [0.4, 0.5) is 5.69 Å². The molecule has 2 heterocycles. The molecule has 2 unspecified atom stereocenters. The van der Waals surface area contributed by atoms with Crippen LogP contribution in [-0.2, 0) is 18.3 Å². The highest BCUT2D eigenvalue weighted by Crippen LogP contribution is 2.53. The Morgan fingerprint density at radius 2 is 1.84 bits per heavy atom. The van der Waals surface area contributed by atoms with Crippen molar-refractivity contribution in [2.45, 2.75) is 96.6 Å². The molecule has 5 rings (SSSR count).